The highest BCUT2D eigenvalue weighted by atomic mass is 32.1. The lowest BCUT2D eigenvalue weighted by molar-refractivity contribution is 0.0719. The molecule has 0 aliphatic rings. The van der Waals surface area contributed by atoms with Crippen LogP contribution in [-0.2, 0) is 20.1 Å². The van der Waals surface area contributed by atoms with Gasteiger partial charge in [-0.3, -0.25) is 14.2 Å². The van der Waals surface area contributed by atoms with E-state index in [4.69, 9.17) is 16.6 Å². The molecule has 8 heteroatoms. The molecule has 3 aromatic heterocycles. The molecule has 0 fully saturated rings. The van der Waals surface area contributed by atoms with Crippen molar-refractivity contribution in [2.24, 2.45) is 7.05 Å². The van der Waals surface area contributed by atoms with Crippen LogP contribution in [-0.4, -0.2) is 20.4 Å². The predicted octanol–water partition coefficient (Wildman–Crippen LogP) is 4.09. The standard InChI is InChI=1S/C20H17N3O3S2/c1-22-19(25)16-7-6-13(10-17(16)21-20(22)27)18(24)23(11-14-4-2-8-26-14)12-15-5-3-9-28-15/h2-10H,11-12H2,1H3,(H,21,27). The maximum Gasteiger partial charge on any atom is 0.261 e. The van der Waals surface area contributed by atoms with Crippen molar-refractivity contribution in [2.45, 2.75) is 13.1 Å². The fourth-order valence-electron chi connectivity index (χ4n) is 3.00. The third kappa shape index (κ3) is 3.56. The summed E-state index contributed by atoms with van der Waals surface area (Å²) >= 11 is 6.78. The molecule has 28 heavy (non-hydrogen) atoms. The summed E-state index contributed by atoms with van der Waals surface area (Å²) in [6.07, 6.45) is 1.59. The lowest BCUT2D eigenvalue weighted by Gasteiger charge is -2.21. The van der Waals surface area contributed by atoms with Crippen molar-refractivity contribution in [2.75, 3.05) is 0 Å². The van der Waals surface area contributed by atoms with Gasteiger partial charge in [0.1, 0.15) is 5.76 Å². The third-order valence-corrected chi connectivity index (χ3v) is 5.73. The van der Waals surface area contributed by atoms with E-state index < -0.39 is 0 Å². The molecule has 4 rings (SSSR count). The molecule has 4 aromatic rings. The van der Waals surface area contributed by atoms with Gasteiger partial charge in [0.15, 0.2) is 4.77 Å². The number of carbonyl (C=O) groups excluding carboxylic acids is 1. The molecule has 1 N–H and O–H groups in total. The Kier molecular flexibility index (Phi) is 4.97. The van der Waals surface area contributed by atoms with E-state index in [2.05, 4.69) is 4.98 Å². The Morgan fingerprint density at radius 1 is 1.25 bits per heavy atom. The number of hydrogen-bond donors (Lipinski definition) is 1. The molecule has 6 nitrogen and oxygen atoms in total. The van der Waals surface area contributed by atoms with Gasteiger partial charge in [-0.25, -0.2) is 0 Å². The number of nitrogens with one attached hydrogen (secondary N) is 1. The van der Waals surface area contributed by atoms with Gasteiger partial charge in [-0.1, -0.05) is 6.07 Å². The van der Waals surface area contributed by atoms with E-state index in [0.29, 0.717) is 40.1 Å². The molecule has 1 aromatic carbocycles. The van der Waals surface area contributed by atoms with Crippen LogP contribution in [0.4, 0.5) is 0 Å². The van der Waals surface area contributed by atoms with Gasteiger partial charge in [0.25, 0.3) is 11.5 Å². The van der Waals surface area contributed by atoms with E-state index in [9.17, 15) is 9.59 Å². The highest BCUT2D eigenvalue weighted by molar-refractivity contribution is 7.71. The summed E-state index contributed by atoms with van der Waals surface area (Å²) < 4.78 is 7.12. The number of carbonyl (C=O) groups is 1. The second-order valence-corrected chi connectivity index (χ2v) is 7.79. The molecule has 142 valence electrons. The predicted molar refractivity (Wildman–Crippen MR) is 111 cm³/mol. The molecule has 1 amide bonds. The minimum atomic E-state index is -0.191. The van der Waals surface area contributed by atoms with Crippen molar-refractivity contribution in [3.63, 3.8) is 0 Å². The zero-order valence-electron chi connectivity index (χ0n) is 15.0. The van der Waals surface area contributed by atoms with Crippen molar-refractivity contribution < 1.29 is 9.21 Å². The van der Waals surface area contributed by atoms with Gasteiger partial charge < -0.3 is 14.3 Å². The van der Waals surface area contributed by atoms with Crippen LogP contribution in [0.15, 0.2) is 63.3 Å². The maximum absolute atomic E-state index is 13.2. The average molecular weight is 412 g/mol. The molecule has 0 saturated heterocycles. The first-order valence-corrected chi connectivity index (χ1v) is 9.89. The van der Waals surface area contributed by atoms with Gasteiger partial charge in [0, 0.05) is 17.5 Å². The zero-order chi connectivity index (χ0) is 19.7. The number of hydrogen-bond acceptors (Lipinski definition) is 5. The molecule has 0 radical (unpaired) electrons. The SMILES string of the molecule is Cn1c(=S)[nH]c2cc(C(=O)N(Cc3ccco3)Cc3cccs3)ccc2c1=O. The summed E-state index contributed by atoms with van der Waals surface area (Å²) in [6.45, 7) is 0.829. The van der Waals surface area contributed by atoms with Crippen molar-refractivity contribution in [3.05, 3.63) is 85.4 Å². The lowest BCUT2D eigenvalue weighted by Crippen LogP contribution is -2.30. The monoisotopic (exact) mass is 411 g/mol. The van der Waals surface area contributed by atoms with Gasteiger partial charge in [-0.15, -0.1) is 11.3 Å². The molecule has 0 spiro atoms. The number of thiophene rings is 1. The normalized spacial score (nSPS) is 11.0. The average Bonchev–Trinajstić information content (AvgIpc) is 3.39. The van der Waals surface area contributed by atoms with E-state index in [0.717, 1.165) is 4.88 Å². The van der Waals surface area contributed by atoms with E-state index in [1.807, 2.05) is 23.6 Å². The van der Waals surface area contributed by atoms with Gasteiger partial charge in [-0.2, -0.15) is 0 Å². The second-order valence-electron chi connectivity index (χ2n) is 6.37. The second kappa shape index (κ2) is 7.57. The first-order valence-electron chi connectivity index (χ1n) is 8.60. The van der Waals surface area contributed by atoms with Crippen LogP contribution >= 0.6 is 23.6 Å². The first-order chi connectivity index (χ1) is 13.5. The Balaban J connectivity index is 1.72. The number of furan rings is 1. The van der Waals surface area contributed by atoms with Gasteiger partial charge >= 0.3 is 0 Å². The minimum Gasteiger partial charge on any atom is -0.467 e. The van der Waals surface area contributed by atoms with E-state index in [1.54, 1.807) is 53.8 Å². The molecule has 0 bridgehead atoms. The largest absolute Gasteiger partial charge is 0.467 e. The van der Waals surface area contributed by atoms with Crippen LogP contribution in [0.2, 0.25) is 0 Å². The first kappa shape index (κ1) is 18.4. The summed E-state index contributed by atoms with van der Waals surface area (Å²) in [7, 11) is 1.62. The highest BCUT2D eigenvalue weighted by Crippen LogP contribution is 2.19. The van der Waals surface area contributed by atoms with E-state index in [1.165, 1.54) is 4.57 Å². The van der Waals surface area contributed by atoms with Crippen molar-refractivity contribution in [1.82, 2.24) is 14.5 Å². The number of H-pyrrole nitrogens is 1. The van der Waals surface area contributed by atoms with E-state index >= 15 is 0 Å². The molecule has 0 aliphatic heterocycles. The van der Waals surface area contributed by atoms with Crippen molar-refractivity contribution in [1.29, 1.82) is 0 Å². The molecule has 0 saturated carbocycles. The Hall–Kier alpha value is -2.97. The number of aromatic nitrogens is 2. The van der Waals surface area contributed by atoms with Gasteiger partial charge in [0.05, 0.1) is 30.3 Å². The smallest absolute Gasteiger partial charge is 0.261 e. The fourth-order valence-corrected chi connectivity index (χ4v) is 3.91. The van der Waals surface area contributed by atoms with Gasteiger partial charge in [0.2, 0.25) is 0 Å². The third-order valence-electron chi connectivity index (χ3n) is 4.49. The molecule has 0 aliphatic carbocycles. The summed E-state index contributed by atoms with van der Waals surface area (Å²) in [5.74, 6) is 0.561. The zero-order valence-corrected chi connectivity index (χ0v) is 16.7. The van der Waals surface area contributed by atoms with Crippen LogP contribution < -0.4 is 5.56 Å². The fraction of sp³-hybridized carbons (Fsp3) is 0.150. The molecular formula is C20H17N3O3S2. The Morgan fingerprint density at radius 3 is 2.82 bits per heavy atom. The molecule has 0 atom stereocenters. The number of benzene rings is 1. The number of amides is 1. The summed E-state index contributed by atoms with van der Waals surface area (Å²) in [6, 6.07) is 12.6. The summed E-state index contributed by atoms with van der Waals surface area (Å²) in [4.78, 5) is 31.4. The maximum atomic E-state index is 13.2. The van der Waals surface area contributed by atoms with Crippen molar-refractivity contribution >= 4 is 40.4 Å². The highest BCUT2D eigenvalue weighted by Gasteiger charge is 2.19. The number of rotatable bonds is 5. The molecular weight excluding hydrogens is 394 g/mol. The number of aromatic amines is 1. The van der Waals surface area contributed by atoms with Crippen molar-refractivity contribution in [3.8, 4) is 0 Å². The van der Waals surface area contributed by atoms with Crippen LogP contribution in [0.1, 0.15) is 21.0 Å². The number of fused-ring (bicyclic) bond motifs is 1. The van der Waals surface area contributed by atoms with Gasteiger partial charge in [-0.05, 0) is 54.0 Å². The van der Waals surface area contributed by atoms with E-state index in [-0.39, 0.29) is 11.5 Å². The summed E-state index contributed by atoms with van der Waals surface area (Å²) in [5.41, 5.74) is 0.839. The van der Waals surface area contributed by atoms with Crippen LogP contribution in [0.5, 0.6) is 0 Å². The van der Waals surface area contributed by atoms with Crippen LogP contribution in [0.3, 0.4) is 0 Å². The topological polar surface area (TPSA) is 71.2 Å². The lowest BCUT2D eigenvalue weighted by atomic mass is 10.1. The number of nitrogens with zero attached hydrogens (tertiary/aromatic N) is 2. The molecule has 0 unspecified atom stereocenters. The van der Waals surface area contributed by atoms with Crippen LogP contribution in [0, 0.1) is 4.77 Å². The Bertz CT molecular complexity index is 1200. The van der Waals surface area contributed by atoms with Crippen LogP contribution in [0.25, 0.3) is 10.9 Å². The molecule has 3 heterocycles. The Labute approximate surface area is 169 Å². The summed E-state index contributed by atoms with van der Waals surface area (Å²) in [5, 5.41) is 2.47. The Morgan fingerprint density at radius 2 is 2.11 bits per heavy atom. The quantitative estimate of drug-likeness (QED) is 0.502. The minimum absolute atomic E-state index is 0.147.